The van der Waals surface area contributed by atoms with Crippen molar-refractivity contribution >= 4 is 22.7 Å². The Hall–Kier alpha value is -5.57. The van der Waals surface area contributed by atoms with Gasteiger partial charge in [0.25, 0.3) is 5.56 Å². The van der Waals surface area contributed by atoms with Gasteiger partial charge in [-0.15, -0.1) is 0 Å². The molecule has 0 aliphatic heterocycles. The fraction of sp³-hybridized carbons (Fsp3) is 0.161. The highest BCUT2D eigenvalue weighted by Gasteiger charge is 2.36. The summed E-state index contributed by atoms with van der Waals surface area (Å²) in [5.41, 5.74) is 4.63. The Bertz CT molecular complexity index is 1950. The summed E-state index contributed by atoms with van der Waals surface area (Å²) in [5.74, 6) is 0.608. The van der Waals surface area contributed by atoms with Crippen LogP contribution in [0.3, 0.4) is 0 Å². The number of anilines is 1. The Morgan fingerprint density at radius 3 is 2.44 bits per heavy atom. The van der Waals surface area contributed by atoms with E-state index < -0.39 is 28.8 Å². The normalized spacial score (nSPS) is 11.3. The van der Waals surface area contributed by atoms with Crippen LogP contribution in [0, 0.1) is 18.3 Å². The van der Waals surface area contributed by atoms with Gasteiger partial charge in [0, 0.05) is 16.6 Å². The number of benzene rings is 2. The lowest BCUT2D eigenvalue weighted by molar-refractivity contribution is -0.137. The lowest BCUT2D eigenvalue weighted by atomic mass is 10.0. The number of H-pyrrole nitrogens is 1. The number of rotatable bonds is 7. The zero-order valence-corrected chi connectivity index (χ0v) is 23.0. The highest BCUT2D eigenvalue weighted by atomic mass is 19.4. The summed E-state index contributed by atoms with van der Waals surface area (Å²) >= 11 is 0. The number of nitriles is 1. The quantitative estimate of drug-likeness (QED) is 0.217. The predicted molar refractivity (Wildman–Crippen MR) is 153 cm³/mol. The first-order valence-electron chi connectivity index (χ1n) is 13.0. The minimum Gasteiger partial charge on any atom is -0.461 e. The van der Waals surface area contributed by atoms with Crippen molar-refractivity contribution in [1.82, 2.24) is 14.5 Å². The molecule has 0 bridgehead atoms. The molecule has 3 N–H and O–H groups in total. The SMILES string of the molecule is CCOC(=O)c1cc2cc(Oc3ccc(-c4cc(C(F)(F)F)c(C#N)c(=O)n4Cc4ccc(N)nc4C)cc3)ccc2[nH]1. The van der Waals surface area contributed by atoms with Gasteiger partial charge in [0.1, 0.15) is 34.6 Å². The van der Waals surface area contributed by atoms with Gasteiger partial charge in [0.2, 0.25) is 0 Å². The maximum atomic E-state index is 13.9. The number of carbonyl (C=O) groups excluding carboxylic acids is 1. The van der Waals surface area contributed by atoms with Crippen molar-refractivity contribution in [1.29, 1.82) is 5.26 Å². The van der Waals surface area contributed by atoms with Crippen molar-refractivity contribution in [2.24, 2.45) is 0 Å². The number of nitrogen functional groups attached to an aromatic ring is 1. The molecule has 0 fully saturated rings. The molecule has 0 aliphatic rings. The summed E-state index contributed by atoms with van der Waals surface area (Å²) in [6, 6.07) is 18.3. The maximum Gasteiger partial charge on any atom is 0.417 e. The van der Waals surface area contributed by atoms with Gasteiger partial charge in [-0.25, -0.2) is 9.78 Å². The Kier molecular flexibility index (Phi) is 7.65. The van der Waals surface area contributed by atoms with E-state index in [1.807, 2.05) is 0 Å². The summed E-state index contributed by atoms with van der Waals surface area (Å²) in [4.78, 5) is 32.5. The zero-order valence-electron chi connectivity index (χ0n) is 23.0. The van der Waals surface area contributed by atoms with E-state index in [9.17, 15) is 28.0 Å². The molecular formula is C31H24F3N5O4. The Labute approximate surface area is 242 Å². The van der Waals surface area contributed by atoms with Crippen LogP contribution in [0.1, 0.15) is 39.8 Å². The minimum absolute atomic E-state index is 0.0423. The van der Waals surface area contributed by atoms with Crippen LogP contribution in [0.5, 0.6) is 11.5 Å². The van der Waals surface area contributed by atoms with Gasteiger partial charge in [-0.1, -0.05) is 6.07 Å². The highest BCUT2D eigenvalue weighted by Crippen LogP contribution is 2.35. The van der Waals surface area contributed by atoms with Crippen LogP contribution in [0.2, 0.25) is 0 Å². The van der Waals surface area contributed by atoms with Gasteiger partial charge in [0.05, 0.1) is 24.4 Å². The van der Waals surface area contributed by atoms with Crippen LogP contribution < -0.4 is 16.0 Å². The van der Waals surface area contributed by atoms with Crippen LogP contribution in [0.25, 0.3) is 22.2 Å². The molecule has 0 saturated heterocycles. The second-order valence-electron chi connectivity index (χ2n) is 9.58. The number of alkyl halides is 3. The van der Waals surface area contributed by atoms with E-state index in [1.165, 1.54) is 24.3 Å². The van der Waals surface area contributed by atoms with Gasteiger partial charge in [0.15, 0.2) is 0 Å². The van der Waals surface area contributed by atoms with Gasteiger partial charge in [-0.3, -0.25) is 4.79 Å². The van der Waals surface area contributed by atoms with E-state index in [1.54, 1.807) is 56.3 Å². The molecule has 3 heterocycles. The van der Waals surface area contributed by atoms with Gasteiger partial charge in [-0.2, -0.15) is 18.4 Å². The number of hydrogen-bond acceptors (Lipinski definition) is 7. The lowest BCUT2D eigenvalue weighted by Crippen LogP contribution is -2.29. The fourth-order valence-corrected chi connectivity index (χ4v) is 4.64. The first kappa shape index (κ1) is 28.9. The largest absolute Gasteiger partial charge is 0.461 e. The summed E-state index contributed by atoms with van der Waals surface area (Å²) in [6.45, 7) is 3.49. The first-order valence-corrected chi connectivity index (χ1v) is 13.0. The van der Waals surface area contributed by atoms with Crippen LogP contribution >= 0.6 is 0 Å². The summed E-state index contributed by atoms with van der Waals surface area (Å²) in [6.07, 6.45) is -4.93. The van der Waals surface area contributed by atoms with E-state index in [-0.39, 0.29) is 24.7 Å². The van der Waals surface area contributed by atoms with Crippen LogP contribution in [0.15, 0.2) is 71.5 Å². The number of halogens is 3. The molecular weight excluding hydrogens is 563 g/mol. The van der Waals surface area contributed by atoms with E-state index in [2.05, 4.69) is 9.97 Å². The Morgan fingerprint density at radius 1 is 1.07 bits per heavy atom. The number of pyridine rings is 2. The number of aromatic nitrogens is 3. The lowest BCUT2D eigenvalue weighted by Gasteiger charge is -2.18. The topological polar surface area (TPSA) is 136 Å². The van der Waals surface area contributed by atoms with Crippen LogP contribution in [-0.2, 0) is 17.5 Å². The summed E-state index contributed by atoms with van der Waals surface area (Å²) in [7, 11) is 0. The van der Waals surface area contributed by atoms with E-state index in [4.69, 9.17) is 15.2 Å². The van der Waals surface area contributed by atoms with Crippen molar-refractivity contribution in [3.63, 3.8) is 0 Å². The molecule has 3 aromatic heterocycles. The molecule has 0 spiro atoms. The monoisotopic (exact) mass is 587 g/mol. The number of nitrogens with zero attached hydrogens (tertiary/aromatic N) is 3. The number of nitrogens with one attached hydrogen (secondary N) is 1. The second-order valence-corrected chi connectivity index (χ2v) is 9.58. The Morgan fingerprint density at radius 2 is 1.79 bits per heavy atom. The number of ether oxygens (including phenoxy) is 2. The highest BCUT2D eigenvalue weighted by molar-refractivity contribution is 5.95. The molecule has 5 rings (SSSR count). The molecule has 43 heavy (non-hydrogen) atoms. The number of hydrogen-bond donors (Lipinski definition) is 2. The average Bonchev–Trinajstić information content (AvgIpc) is 3.39. The molecule has 5 aromatic rings. The molecule has 0 radical (unpaired) electrons. The third kappa shape index (κ3) is 5.92. The van der Waals surface area contributed by atoms with E-state index >= 15 is 0 Å². The minimum atomic E-state index is -4.93. The summed E-state index contributed by atoms with van der Waals surface area (Å²) < 4.78 is 53.8. The number of carbonyl (C=O) groups is 1. The van der Waals surface area contributed by atoms with Gasteiger partial charge < -0.3 is 24.8 Å². The molecule has 9 nitrogen and oxygen atoms in total. The third-order valence-electron chi connectivity index (χ3n) is 6.74. The number of aryl methyl sites for hydroxylation is 1. The molecule has 0 saturated carbocycles. The van der Waals surface area contributed by atoms with Crippen molar-refractivity contribution in [2.75, 3.05) is 12.3 Å². The van der Waals surface area contributed by atoms with Crippen molar-refractivity contribution in [2.45, 2.75) is 26.6 Å². The van der Waals surface area contributed by atoms with Gasteiger partial charge >= 0.3 is 12.1 Å². The smallest absolute Gasteiger partial charge is 0.417 e. The van der Waals surface area contributed by atoms with Crippen molar-refractivity contribution in [3.05, 3.63) is 105 Å². The van der Waals surface area contributed by atoms with E-state index in [0.29, 0.717) is 44.9 Å². The third-order valence-corrected chi connectivity index (χ3v) is 6.74. The number of esters is 1. The number of fused-ring (bicyclic) bond motifs is 1. The molecule has 218 valence electrons. The average molecular weight is 588 g/mol. The van der Waals surface area contributed by atoms with Crippen LogP contribution in [-0.4, -0.2) is 27.1 Å². The standard InChI is InChI=1S/C31H24F3N5O4/c1-3-42-30(41)26-13-20-12-22(9-10-25(20)38-26)43-21-7-4-18(5-8-21)27-14-24(31(32,33)34)23(15-35)29(40)39(27)16-19-6-11-28(36)37-17(19)2/h4-14,38H,3,16H2,1-2H3,(H2,36,37). The molecule has 2 aromatic carbocycles. The fourth-order valence-electron chi connectivity index (χ4n) is 4.64. The molecule has 0 atom stereocenters. The van der Waals surface area contributed by atoms with Crippen molar-refractivity contribution in [3.8, 4) is 28.8 Å². The van der Waals surface area contributed by atoms with Crippen molar-refractivity contribution < 1.29 is 27.4 Å². The van der Waals surface area contributed by atoms with E-state index in [0.717, 1.165) is 10.6 Å². The molecule has 12 heteroatoms. The number of aromatic amines is 1. The van der Waals surface area contributed by atoms with Gasteiger partial charge in [-0.05, 0) is 85.6 Å². The number of nitrogens with two attached hydrogens (primary N) is 1. The first-order chi connectivity index (χ1) is 20.5. The van der Waals surface area contributed by atoms with Crippen LogP contribution in [0.4, 0.5) is 19.0 Å². The zero-order chi connectivity index (χ0) is 30.9. The maximum absolute atomic E-state index is 13.9. The molecule has 0 amide bonds. The molecule has 0 unspecified atom stereocenters. The Balaban J connectivity index is 1.51. The summed E-state index contributed by atoms with van der Waals surface area (Å²) in [5, 5.41) is 10.2. The second kappa shape index (κ2) is 11.4. The predicted octanol–water partition coefficient (Wildman–Crippen LogP) is 6.19. The molecule has 0 aliphatic carbocycles.